The lowest BCUT2D eigenvalue weighted by atomic mass is 9.79. The average Bonchev–Trinajstić information content (AvgIpc) is 2.74. The summed E-state index contributed by atoms with van der Waals surface area (Å²) in [6, 6.07) is 1.33. The summed E-state index contributed by atoms with van der Waals surface area (Å²) in [4.78, 5) is 0. The summed E-state index contributed by atoms with van der Waals surface area (Å²) in [5.41, 5.74) is 8.58. The fourth-order valence-corrected chi connectivity index (χ4v) is 3.31. The van der Waals surface area contributed by atoms with Crippen molar-refractivity contribution in [2.45, 2.75) is 44.2 Å². The van der Waals surface area contributed by atoms with Crippen molar-refractivity contribution >= 4 is 0 Å². The Bertz CT molecular complexity index is 262. The summed E-state index contributed by atoms with van der Waals surface area (Å²) >= 11 is 0. The Hall–Kier alpha value is -0.380. The first-order valence-corrected chi connectivity index (χ1v) is 6.36. The third-order valence-electron chi connectivity index (χ3n) is 4.13. The van der Waals surface area contributed by atoms with Gasteiger partial charge in [0.2, 0.25) is 0 Å². The van der Waals surface area contributed by atoms with Crippen molar-refractivity contribution in [3.05, 3.63) is 11.6 Å². The second-order valence-electron chi connectivity index (χ2n) is 5.07. The molecule has 1 saturated heterocycles. The largest absolute Gasteiger partial charge is 0.313 e. The molecule has 3 atom stereocenters. The van der Waals surface area contributed by atoms with Crippen LogP contribution in [0.2, 0.25) is 0 Å². The van der Waals surface area contributed by atoms with Crippen LogP contribution in [0.25, 0.3) is 0 Å². The summed E-state index contributed by atoms with van der Waals surface area (Å²) in [5, 5.41) is 3.47. The molecule has 1 saturated carbocycles. The number of rotatable bonds is 1. The van der Waals surface area contributed by atoms with Gasteiger partial charge >= 0.3 is 0 Å². The molecule has 0 aromatic heterocycles. The summed E-state index contributed by atoms with van der Waals surface area (Å²) < 4.78 is 0. The van der Waals surface area contributed by atoms with E-state index in [1.807, 2.05) is 0 Å². The molecule has 2 fully saturated rings. The number of hydrogen-bond acceptors (Lipinski definition) is 3. The Balaban J connectivity index is 1.73. The van der Waals surface area contributed by atoms with Gasteiger partial charge in [0.25, 0.3) is 0 Å². The second-order valence-corrected chi connectivity index (χ2v) is 5.07. The van der Waals surface area contributed by atoms with E-state index in [4.69, 9.17) is 0 Å². The van der Waals surface area contributed by atoms with Crippen LogP contribution in [0.3, 0.4) is 0 Å². The SMILES string of the molecule is C1=C(C2NNC3CCCCC32)CNCC1. The van der Waals surface area contributed by atoms with Gasteiger partial charge in [-0.15, -0.1) is 0 Å². The minimum absolute atomic E-state index is 0.600. The van der Waals surface area contributed by atoms with Crippen LogP contribution in [0.5, 0.6) is 0 Å². The van der Waals surface area contributed by atoms with Crippen molar-refractivity contribution < 1.29 is 0 Å². The van der Waals surface area contributed by atoms with E-state index in [0.717, 1.165) is 25.0 Å². The fraction of sp³-hybridized carbons (Fsp3) is 0.833. The highest BCUT2D eigenvalue weighted by atomic mass is 15.4. The number of fused-ring (bicyclic) bond motifs is 1. The third kappa shape index (κ3) is 1.84. The van der Waals surface area contributed by atoms with E-state index in [2.05, 4.69) is 22.2 Å². The smallest absolute Gasteiger partial charge is 0.0478 e. The lowest BCUT2D eigenvalue weighted by Gasteiger charge is -2.29. The van der Waals surface area contributed by atoms with Crippen molar-refractivity contribution in [3.63, 3.8) is 0 Å². The molecule has 3 aliphatic rings. The van der Waals surface area contributed by atoms with E-state index >= 15 is 0 Å². The van der Waals surface area contributed by atoms with Gasteiger partial charge in [0.1, 0.15) is 0 Å². The highest BCUT2D eigenvalue weighted by molar-refractivity contribution is 5.19. The number of hydrazine groups is 1. The van der Waals surface area contributed by atoms with Crippen LogP contribution >= 0.6 is 0 Å². The maximum absolute atomic E-state index is 3.51. The zero-order chi connectivity index (χ0) is 10.1. The Morgan fingerprint density at radius 1 is 1.13 bits per heavy atom. The van der Waals surface area contributed by atoms with E-state index in [1.54, 1.807) is 5.57 Å². The molecule has 0 spiro atoms. The molecule has 3 rings (SSSR count). The first-order valence-electron chi connectivity index (χ1n) is 6.36. The van der Waals surface area contributed by atoms with Crippen LogP contribution in [0, 0.1) is 5.92 Å². The summed E-state index contributed by atoms with van der Waals surface area (Å²) in [6.07, 6.45) is 9.21. The Labute approximate surface area is 91.7 Å². The molecule has 0 bridgehead atoms. The van der Waals surface area contributed by atoms with Gasteiger partial charge in [-0.05, 0) is 37.3 Å². The Kier molecular flexibility index (Phi) is 2.77. The molecular formula is C12H21N3. The van der Waals surface area contributed by atoms with Crippen LogP contribution in [-0.2, 0) is 0 Å². The summed E-state index contributed by atoms with van der Waals surface area (Å²) in [7, 11) is 0. The topological polar surface area (TPSA) is 36.1 Å². The molecular weight excluding hydrogens is 186 g/mol. The summed E-state index contributed by atoms with van der Waals surface area (Å²) in [6.45, 7) is 2.24. The predicted molar refractivity (Wildman–Crippen MR) is 61.4 cm³/mol. The van der Waals surface area contributed by atoms with Gasteiger partial charge in [-0.25, -0.2) is 0 Å². The zero-order valence-electron chi connectivity index (χ0n) is 9.26. The number of hydrogen-bond donors (Lipinski definition) is 3. The molecule has 3 nitrogen and oxygen atoms in total. The lowest BCUT2D eigenvalue weighted by Crippen LogP contribution is -2.38. The minimum Gasteiger partial charge on any atom is -0.313 e. The third-order valence-corrected chi connectivity index (χ3v) is 4.13. The van der Waals surface area contributed by atoms with E-state index in [1.165, 1.54) is 32.1 Å². The Morgan fingerprint density at radius 2 is 2.07 bits per heavy atom. The zero-order valence-corrected chi connectivity index (χ0v) is 9.26. The maximum atomic E-state index is 3.51. The molecule has 84 valence electrons. The van der Waals surface area contributed by atoms with Gasteiger partial charge in [-0.2, -0.15) is 0 Å². The monoisotopic (exact) mass is 207 g/mol. The normalized spacial score (nSPS) is 41.1. The molecule has 0 radical (unpaired) electrons. The van der Waals surface area contributed by atoms with E-state index < -0.39 is 0 Å². The van der Waals surface area contributed by atoms with Gasteiger partial charge in [-0.3, -0.25) is 10.9 Å². The first-order chi connectivity index (χ1) is 7.45. The standard InChI is InChI=1S/C12H21N3/c1-2-6-11-10(5-1)12(15-14-11)9-4-3-7-13-8-9/h4,10-15H,1-3,5-8H2. The van der Waals surface area contributed by atoms with Crippen LogP contribution < -0.4 is 16.2 Å². The van der Waals surface area contributed by atoms with Crippen LogP contribution in [0.1, 0.15) is 32.1 Å². The maximum Gasteiger partial charge on any atom is 0.0478 e. The minimum atomic E-state index is 0.600. The Morgan fingerprint density at radius 3 is 2.93 bits per heavy atom. The molecule has 3 heteroatoms. The molecule has 2 aliphatic heterocycles. The molecule has 3 unspecified atom stereocenters. The van der Waals surface area contributed by atoms with Crippen molar-refractivity contribution in [3.8, 4) is 0 Å². The van der Waals surface area contributed by atoms with E-state index in [9.17, 15) is 0 Å². The quantitative estimate of drug-likeness (QED) is 0.560. The van der Waals surface area contributed by atoms with E-state index in [0.29, 0.717) is 6.04 Å². The molecule has 15 heavy (non-hydrogen) atoms. The molecule has 0 aromatic carbocycles. The molecule has 3 N–H and O–H groups in total. The number of nitrogens with one attached hydrogen (secondary N) is 3. The van der Waals surface area contributed by atoms with Gasteiger partial charge in [-0.1, -0.05) is 18.9 Å². The van der Waals surface area contributed by atoms with Gasteiger partial charge < -0.3 is 5.32 Å². The summed E-state index contributed by atoms with van der Waals surface area (Å²) in [5.74, 6) is 0.838. The fourth-order valence-electron chi connectivity index (χ4n) is 3.31. The lowest BCUT2D eigenvalue weighted by molar-refractivity contribution is 0.314. The highest BCUT2D eigenvalue weighted by Crippen LogP contribution is 2.33. The molecule has 2 heterocycles. The molecule has 0 aromatic rings. The average molecular weight is 207 g/mol. The molecule has 1 aliphatic carbocycles. The van der Waals surface area contributed by atoms with Gasteiger partial charge in [0.15, 0.2) is 0 Å². The van der Waals surface area contributed by atoms with Gasteiger partial charge in [0, 0.05) is 18.6 Å². The first kappa shape index (κ1) is 9.82. The van der Waals surface area contributed by atoms with Crippen molar-refractivity contribution in [1.82, 2.24) is 16.2 Å². The van der Waals surface area contributed by atoms with Crippen molar-refractivity contribution in [2.75, 3.05) is 13.1 Å². The van der Waals surface area contributed by atoms with Crippen LogP contribution in [0.15, 0.2) is 11.6 Å². The highest BCUT2D eigenvalue weighted by Gasteiger charge is 2.38. The second kappa shape index (κ2) is 4.24. The predicted octanol–water partition coefficient (Wildman–Crippen LogP) is 0.941. The molecule has 0 amide bonds. The van der Waals surface area contributed by atoms with Crippen LogP contribution in [-0.4, -0.2) is 25.2 Å². The van der Waals surface area contributed by atoms with E-state index in [-0.39, 0.29) is 0 Å². The van der Waals surface area contributed by atoms with Gasteiger partial charge in [0.05, 0.1) is 0 Å². The van der Waals surface area contributed by atoms with Crippen molar-refractivity contribution in [2.24, 2.45) is 5.92 Å². The van der Waals surface area contributed by atoms with Crippen LogP contribution in [0.4, 0.5) is 0 Å². The van der Waals surface area contributed by atoms with Crippen molar-refractivity contribution in [1.29, 1.82) is 0 Å².